The fourth-order valence-corrected chi connectivity index (χ4v) is 4.59. The number of nitrogens with zero attached hydrogens (tertiary/aromatic N) is 1. The van der Waals surface area contributed by atoms with Gasteiger partial charge in [-0.2, -0.15) is 8.42 Å². The average molecular weight is 480 g/mol. The summed E-state index contributed by atoms with van der Waals surface area (Å²) in [5.41, 5.74) is 2.82. The second-order valence-electron chi connectivity index (χ2n) is 6.90. The molecule has 2 aromatic carbocycles. The van der Waals surface area contributed by atoms with Gasteiger partial charge in [-0.3, -0.25) is 14.1 Å². The van der Waals surface area contributed by atoms with Gasteiger partial charge in [-0.05, 0) is 42.2 Å². The van der Waals surface area contributed by atoms with E-state index in [0.717, 1.165) is 28.2 Å². The van der Waals surface area contributed by atoms with E-state index < -0.39 is 10.3 Å². The lowest BCUT2D eigenvalue weighted by atomic mass is 10.0. The standard InChI is InChI=1S/C21H22ClN3O4S2/c1-2-16-13-30-21(23-16)19(24-20(26)12-15-5-3-4-6-18(15)22)11-14-7-9-17(10-8-14)25-31(27,28)29/h3-10,13,19,25H,2,11-12H2,1H3,(H,24,26)(H,27,28,29)/t19-/m0/s1. The number of aromatic nitrogens is 1. The fourth-order valence-electron chi connectivity index (χ4n) is 3.00. The molecule has 7 nitrogen and oxygen atoms in total. The molecule has 0 saturated heterocycles. The van der Waals surface area contributed by atoms with Crippen molar-refractivity contribution in [3.8, 4) is 0 Å². The smallest absolute Gasteiger partial charge is 0.346 e. The van der Waals surface area contributed by atoms with Crippen LogP contribution in [0, 0.1) is 0 Å². The SMILES string of the molecule is CCc1csc([C@H](Cc2ccc(NS(=O)(=O)O)cc2)NC(=O)Cc2ccccc2Cl)n1. The average Bonchev–Trinajstić information content (AvgIpc) is 3.19. The van der Waals surface area contributed by atoms with Gasteiger partial charge in [0.25, 0.3) is 0 Å². The first-order valence-electron chi connectivity index (χ1n) is 9.54. The van der Waals surface area contributed by atoms with Crippen molar-refractivity contribution in [1.29, 1.82) is 0 Å². The van der Waals surface area contributed by atoms with Gasteiger partial charge < -0.3 is 5.32 Å². The number of rotatable bonds is 9. The summed E-state index contributed by atoms with van der Waals surface area (Å²) in [6.07, 6.45) is 1.42. The molecule has 0 spiro atoms. The predicted octanol–water partition coefficient (Wildman–Crippen LogP) is 4.22. The summed E-state index contributed by atoms with van der Waals surface area (Å²) in [7, 11) is -4.33. The molecular weight excluding hydrogens is 458 g/mol. The molecule has 164 valence electrons. The van der Waals surface area contributed by atoms with Gasteiger partial charge in [0.05, 0.1) is 23.8 Å². The molecule has 0 radical (unpaired) electrons. The molecule has 3 rings (SSSR count). The molecule has 0 saturated carbocycles. The minimum absolute atomic E-state index is 0.152. The van der Waals surface area contributed by atoms with Crippen LogP contribution in [0.1, 0.15) is 34.8 Å². The van der Waals surface area contributed by atoms with Crippen molar-refractivity contribution < 1.29 is 17.8 Å². The fraction of sp³-hybridized carbons (Fsp3) is 0.238. The van der Waals surface area contributed by atoms with Gasteiger partial charge in [0.1, 0.15) is 5.01 Å². The number of carbonyl (C=O) groups excluding carboxylic acids is 1. The first kappa shape index (κ1) is 23.2. The van der Waals surface area contributed by atoms with Gasteiger partial charge in [0, 0.05) is 10.4 Å². The highest BCUT2D eigenvalue weighted by molar-refractivity contribution is 7.87. The number of thiazole rings is 1. The Hall–Kier alpha value is -2.46. The van der Waals surface area contributed by atoms with E-state index in [9.17, 15) is 13.2 Å². The largest absolute Gasteiger partial charge is 0.357 e. The third-order valence-electron chi connectivity index (χ3n) is 4.51. The predicted molar refractivity (Wildman–Crippen MR) is 123 cm³/mol. The van der Waals surface area contributed by atoms with E-state index in [0.29, 0.717) is 11.4 Å². The highest BCUT2D eigenvalue weighted by atomic mass is 35.5. The van der Waals surface area contributed by atoms with Crippen molar-refractivity contribution in [2.45, 2.75) is 32.2 Å². The lowest BCUT2D eigenvalue weighted by Gasteiger charge is -2.17. The summed E-state index contributed by atoms with van der Waals surface area (Å²) in [5, 5.41) is 6.36. The van der Waals surface area contributed by atoms with Crippen molar-refractivity contribution in [2.75, 3.05) is 4.72 Å². The quantitative estimate of drug-likeness (QED) is 0.398. The molecular formula is C21H22ClN3O4S2. The van der Waals surface area contributed by atoms with Crippen LogP contribution in [0.3, 0.4) is 0 Å². The number of hydrogen-bond acceptors (Lipinski definition) is 5. The lowest BCUT2D eigenvalue weighted by molar-refractivity contribution is -0.121. The zero-order valence-corrected chi connectivity index (χ0v) is 19.1. The summed E-state index contributed by atoms with van der Waals surface area (Å²) in [6, 6.07) is 13.4. The Morgan fingerprint density at radius 2 is 1.90 bits per heavy atom. The monoisotopic (exact) mass is 479 g/mol. The zero-order valence-electron chi connectivity index (χ0n) is 16.7. The third-order valence-corrected chi connectivity index (χ3v) is 6.38. The lowest BCUT2D eigenvalue weighted by Crippen LogP contribution is -2.31. The van der Waals surface area contributed by atoms with Crippen molar-refractivity contribution >= 4 is 44.8 Å². The Balaban J connectivity index is 1.76. The molecule has 0 aliphatic carbocycles. The molecule has 1 heterocycles. The van der Waals surface area contributed by atoms with Crippen LogP contribution < -0.4 is 10.0 Å². The minimum atomic E-state index is -4.33. The van der Waals surface area contributed by atoms with Gasteiger partial charge in [0.2, 0.25) is 5.91 Å². The van der Waals surface area contributed by atoms with Crippen molar-refractivity contribution in [2.24, 2.45) is 0 Å². The molecule has 3 aromatic rings. The van der Waals surface area contributed by atoms with Gasteiger partial charge in [-0.15, -0.1) is 11.3 Å². The molecule has 10 heteroatoms. The zero-order chi connectivity index (χ0) is 22.4. The van der Waals surface area contributed by atoms with Crippen molar-refractivity contribution in [1.82, 2.24) is 10.3 Å². The summed E-state index contributed by atoms with van der Waals surface area (Å²) >= 11 is 7.66. The number of anilines is 1. The molecule has 0 fully saturated rings. The number of nitrogens with one attached hydrogen (secondary N) is 2. The van der Waals surface area contributed by atoms with E-state index in [1.54, 1.807) is 30.3 Å². The van der Waals surface area contributed by atoms with E-state index in [2.05, 4.69) is 10.3 Å². The van der Waals surface area contributed by atoms with E-state index in [-0.39, 0.29) is 24.1 Å². The van der Waals surface area contributed by atoms with E-state index in [1.807, 2.05) is 35.2 Å². The molecule has 0 aliphatic heterocycles. The second-order valence-corrected chi connectivity index (χ2v) is 9.35. The Kier molecular flexibility index (Phi) is 7.66. The molecule has 1 amide bonds. The second kappa shape index (κ2) is 10.2. The highest BCUT2D eigenvalue weighted by Gasteiger charge is 2.20. The van der Waals surface area contributed by atoms with Crippen LogP contribution in [0.15, 0.2) is 53.9 Å². The van der Waals surface area contributed by atoms with Crippen LogP contribution in [-0.2, 0) is 34.4 Å². The van der Waals surface area contributed by atoms with Crippen molar-refractivity contribution in [3.05, 3.63) is 80.8 Å². The van der Waals surface area contributed by atoms with Gasteiger partial charge >= 0.3 is 10.3 Å². The number of halogens is 1. The summed E-state index contributed by atoms with van der Waals surface area (Å²) in [5.74, 6) is -0.170. The molecule has 1 aromatic heterocycles. The number of amides is 1. The Morgan fingerprint density at radius 3 is 2.52 bits per heavy atom. The first-order valence-corrected chi connectivity index (χ1v) is 12.2. The Morgan fingerprint density at radius 1 is 1.19 bits per heavy atom. The molecule has 0 aliphatic rings. The van der Waals surface area contributed by atoms with Gasteiger partial charge in [-0.1, -0.05) is 48.9 Å². The number of hydrogen-bond donors (Lipinski definition) is 3. The summed E-state index contributed by atoms with van der Waals surface area (Å²) in [6.45, 7) is 2.02. The normalized spacial score (nSPS) is 12.4. The summed E-state index contributed by atoms with van der Waals surface area (Å²) < 4.78 is 32.8. The van der Waals surface area contributed by atoms with Crippen LogP contribution in [-0.4, -0.2) is 23.9 Å². The third kappa shape index (κ3) is 7.03. The van der Waals surface area contributed by atoms with Crippen molar-refractivity contribution in [3.63, 3.8) is 0 Å². The topological polar surface area (TPSA) is 108 Å². The Labute approximate surface area is 190 Å². The molecule has 0 unspecified atom stereocenters. The number of aryl methyl sites for hydroxylation is 1. The van der Waals surface area contributed by atoms with E-state index in [4.69, 9.17) is 16.2 Å². The number of carbonyl (C=O) groups is 1. The van der Waals surface area contributed by atoms with Gasteiger partial charge in [-0.25, -0.2) is 4.98 Å². The molecule has 0 bridgehead atoms. The molecule has 1 atom stereocenters. The van der Waals surface area contributed by atoms with Crippen LogP contribution in [0.25, 0.3) is 0 Å². The maximum absolute atomic E-state index is 12.7. The maximum Gasteiger partial charge on any atom is 0.357 e. The first-order chi connectivity index (χ1) is 14.7. The van der Waals surface area contributed by atoms with Crippen LogP contribution >= 0.6 is 22.9 Å². The van der Waals surface area contributed by atoms with Crippen LogP contribution in [0.2, 0.25) is 5.02 Å². The van der Waals surface area contributed by atoms with Crippen LogP contribution in [0.5, 0.6) is 0 Å². The minimum Gasteiger partial charge on any atom is -0.346 e. The van der Waals surface area contributed by atoms with E-state index >= 15 is 0 Å². The van der Waals surface area contributed by atoms with Gasteiger partial charge in [0.15, 0.2) is 0 Å². The highest BCUT2D eigenvalue weighted by Crippen LogP contribution is 2.24. The van der Waals surface area contributed by atoms with Crippen LogP contribution in [0.4, 0.5) is 5.69 Å². The van der Waals surface area contributed by atoms with E-state index in [1.165, 1.54) is 11.3 Å². The molecule has 31 heavy (non-hydrogen) atoms. The Bertz CT molecular complexity index is 1150. The number of benzene rings is 2. The molecule has 3 N–H and O–H groups in total. The summed E-state index contributed by atoms with van der Waals surface area (Å²) in [4.78, 5) is 17.4. The maximum atomic E-state index is 12.7.